The van der Waals surface area contributed by atoms with Crippen LogP contribution >= 0.6 is 22.6 Å². The molecule has 0 unspecified atom stereocenters. The van der Waals surface area contributed by atoms with Gasteiger partial charge < -0.3 is 4.74 Å². The lowest BCUT2D eigenvalue weighted by atomic mass is 10.1. The fourth-order valence-electron chi connectivity index (χ4n) is 1.29. The van der Waals surface area contributed by atoms with Crippen molar-refractivity contribution in [3.63, 3.8) is 0 Å². The van der Waals surface area contributed by atoms with E-state index in [-0.39, 0.29) is 16.9 Å². The Bertz CT molecular complexity index is 405. The number of carbonyl (C=O) groups excluding carboxylic acids is 1. The van der Waals surface area contributed by atoms with Crippen LogP contribution in [0.25, 0.3) is 0 Å². The zero-order valence-electron chi connectivity index (χ0n) is 8.89. The van der Waals surface area contributed by atoms with E-state index in [1.54, 1.807) is 6.92 Å². The minimum atomic E-state index is -2.58. The molecule has 1 aromatic rings. The number of ether oxygens (including phenoxy) is 1. The van der Waals surface area contributed by atoms with Gasteiger partial charge in [0.25, 0.3) is 6.43 Å². The number of halogens is 3. The molecule has 16 heavy (non-hydrogen) atoms. The first-order valence-corrected chi connectivity index (χ1v) is 5.80. The number of hydrogen-bond acceptors (Lipinski definition) is 2. The summed E-state index contributed by atoms with van der Waals surface area (Å²) >= 11 is 1.81. The van der Waals surface area contributed by atoms with Crippen LogP contribution in [0.2, 0.25) is 0 Å². The molecule has 0 N–H and O–H groups in total. The molecule has 0 amide bonds. The molecule has 5 heteroatoms. The van der Waals surface area contributed by atoms with Gasteiger partial charge in [-0.15, -0.1) is 0 Å². The van der Waals surface area contributed by atoms with Crippen LogP contribution in [0.5, 0.6) is 5.75 Å². The minimum absolute atomic E-state index is 0.130. The highest BCUT2D eigenvalue weighted by Gasteiger charge is 2.18. The summed E-state index contributed by atoms with van der Waals surface area (Å²) in [7, 11) is 0. The van der Waals surface area contributed by atoms with Gasteiger partial charge in [-0.3, -0.25) is 4.79 Å². The number of rotatable bonds is 4. The van der Waals surface area contributed by atoms with Gasteiger partial charge in [-0.25, -0.2) is 8.78 Å². The predicted molar refractivity (Wildman–Crippen MR) is 65.3 cm³/mol. The molecule has 1 aromatic carbocycles. The van der Waals surface area contributed by atoms with E-state index in [1.807, 2.05) is 22.6 Å². The fourth-order valence-corrected chi connectivity index (χ4v) is 1.96. The quantitative estimate of drug-likeness (QED) is 0.615. The van der Waals surface area contributed by atoms with Gasteiger partial charge >= 0.3 is 0 Å². The van der Waals surface area contributed by atoms with Crippen molar-refractivity contribution in [2.45, 2.75) is 20.3 Å². The number of Topliss-reactive ketones (excluding diaryl/α,β-unsaturated/α-hetero) is 1. The molecule has 0 bridgehead atoms. The second-order valence-corrected chi connectivity index (χ2v) is 4.32. The van der Waals surface area contributed by atoms with E-state index >= 15 is 0 Å². The first kappa shape index (κ1) is 13.3. The molecule has 88 valence electrons. The maximum Gasteiger partial charge on any atom is 0.264 e. The standard InChI is InChI=1S/C11H11F2IO2/c1-3-16-10-5-9(14)8(11(12)13)4-7(10)6(2)15/h4-5,11H,3H2,1-2H3. The Hall–Kier alpha value is -0.720. The highest BCUT2D eigenvalue weighted by atomic mass is 127. The second-order valence-electron chi connectivity index (χ2n) is 3.16. The summed E-state index contributed by atoms with van der Waals surface area (Å²) in [5, 5.41) is 0. The molecular formula is C11H11F2IO2. The largest absolute Gasteiger partial charge is 0.493 e. The van der Waals surface area contributed by atoms with Crippen molar-refractivity contribution in [1.29, 1.82) is 0 Å². The molecule has 0 aliphatic carbocycles. The highest BCUT2D eigenvalue weighted by molar-refractivity contribution is 14.1. The van der Waals surface area contributed by atoms with E-state index in [9.17, 15) is 13.6 Å². The molecule has 1 rings (SSSR count). The summed E-state index contributed by atoms with van der Waals surface area (Å²) in [5.74, 6) is 0.0885. The van der Waals surface area contributed by atoms with Gasteiger partial charge in [0, 0.05) is 9.13 Å². The number of hydrogen-bond donors (Lipinski definition) is 0. The van der Waals surface area contributed by atoms with Crippen LogP contribution in [-0.4, -0.2) is 12.4 Å². The third-order valence-electron chi connectivity index (χ3n) is 2.01. The maximum atomic E-state index is 12.6. The molecular weight excluding hydrogens is 329 g/mol. The summed E-state index contributed by atoms with van der Waals surface area (Å²) in [4.78, 5) is 11.3. The van der Waals surface area contributed by atoms with E-state index in [0.717, 1.165) is 0 Å². The number of benzene rings is 1. The van der Waals surface area contributed by atoms with Crippen LogP contribution in [0.1, 0.15) is 36.2 Å². The average molecular weight is 340 g/mol. The Morgan fingerprint density at radius 3 is 2.56 bits per heavy atom. The molecule has 2 nitrogen and oxygen atoms in total. The van der Waals surface area contributed by atoms with Gasteiger partial charge in [0.15, 0.2) is 5.78 Å². The summed E-state index contributed by atoms with van der Waals surface area (Å²) in [6.07, 6.45) is -2.58. The van der Waals surface area contributed by atoms with Gasteiger partial charge in [0.2, 0.25) is 0 Å². The van der Waals surface area contributed by atoms with Gasteiger partial charge in [-0.1, -0.05) is 0 Å². The van der Waals surface area contributed by atoms with E-state index in [1.165, 1.54) is 19.1 Å². The van der Waals surface area contributed by atoms with E-state index in [0.29, 0.717) is 15.9 Å². The first-order chi connectivity index (χ1) is 7.47. The normalized spacial score (nSPS) is 10.6. The minimum Gasteiger partial charge on any atom is -0.493 e. The van der Waals surface area contributed by atoms with E-state index < -0.39 is 6.43 Å². The Morgan fingerprint density at radius 1 is 1.50 bits per heavy atom. The fraction of sp³-hybridized carbons (Fsp3) is 0.364. The van der Waals surface area contributed by atoms with Crippen molar-refractivity contribution in [2.24, 2.45) is 0 Å². The van der Waals surface area contributed by atoms with Crippen LogP contribution in [0, 0.1) is 3.57 Å². The van der Waals surface area contributed by atoms with Crippen LogP contribution in [0.4, 0.5) is 8.78 Å². The van der Waals surface area contributed by atoms with E-state index in [4.69, 9.17) is 4.74 Å². The van der Waals surface area contributed by atoms with Crippen molar-refractivity contribution in [2.75, 3.05) is 6.61 Å². The summed E-state index contributed by atoms with van der Waals surface area (Å²) in [6.45, 7) is 3.50. The van der Waals surface area contributed by atoms with Crippen molar-refractivity contribution >= 4 is 28.4 Å². The Labute approximate surface area is 106 Å². The lowest BCUT2D eigenvalue weighted by Gasteiger charge is -2.11. The molecule has 0 heterocycles. The van der Waals surface area contributed by atoms with Crippen molar-refractivity contribution in [3.05, 3.63) is 26.8 Å². The third kappa shape index (κ3) is 2.90. The molecule has 0 aromatic heterocycles. The Kier molecular flexibility index (Phi) is 4.64. The first-order valence-electron chi connectivity index (χ1n) is 4.72. The SMILES string of the molecule is CCOc1cc(I)c(C(F)F)cc1C(C)=O. The van der Waals surface area contributed by atoms with Crippen LogP contribution in [0.15, 0.2) is 12.1 Å². The number of carbonyl (C=O) groups is 1. The topological polar surface area (TPSA) is 26.3 Å². The van der Waals surface area contributed by atoms with Gasteiger partial charge in [-0.2, -0.15) is 0 Å². The van der Waals surface area contributed by atoms with Crippen LogP contribution in [0.3, 0.4) is 0 Å². The predicted octanol–water partition coefficient (Wildman–Crippen LogP) is 3.83. The Morgan fingerprint density at radius 2 is 2.12 bits per heavy atom. The number of alkyl halides is 2. The molecule has 0 aliphatic rings. The molecule has 0 fully saturated rings. The monoisotopic (exact) mass is 340 g/mol. The van der Waals surface area contributed by atoms with Crippen LogP contribution < -0.4 is 4.74 Å². The van der Waals surface area contributed by atoms with Crippen molar-refractivity contribution in [3.8, 4) is 5.75 Å². The van der Waals surface area contributed by atoms with Crippen molar-refractivity contribution < 1.29 is 18.3 Å². The summed E-state index contributed by atoms with van der Waals surface area (Å²) < 4.78 is 30.9. The summed E-state index contributed by atoms with van der Waals surface area (Å²) in [5.41, 5.74) is 0.0758. The van der Waals surface area contributed by atoms with Crippen LogP contribution in [-0.2, 0) is 0 Å². The summed E-state index contributed by atoms with van der Waals surface area (Å²) in [6, 6.07) is 2.68. The third-order valence-corrected chi connectivity index (χ3v) is 2.95. The molecule has 0 spiro atoms. The zero-order valence-corrected chi connectivity index (χ0v) is 11.0. The van der Waals surface area contributed by atoms with E-state index in [2.05, 4.69) is 0 Å². The van der Waals surface area contributed by atoms with Gasteiger partial charge in [0.1, 0.15) is 5.75 Å². The lowest BCUT2D eigenvalue weighted by molar-refractivity contribution is 0.101. The number of ketones is 1. The van der Waals surface area contributed by atoms with Crippen molar-refractivity contribution in [1.82, 2.24) is 0 Å². The molecule has 0 saturated heterocycles. The zero-order chi connectivity index (χ0) is 12.3. The average Bonchev–Trinajstić information content (AvgIpc) is 2.17. The second kappa shape index (κ2) is 5.56. The Balaban J connectivity index is 3.31. The van der Waals surface area contributed by atoms with Gasteiger partial charge in [-0.05, 0) is 48.6 Å². The molecule has 0 radical (unpaired) electrons. The maximum absolute atomic E-state index is 12.6. The molecule has 0 atom stereocenters. The van der Waals surface area contributed by atoms with Gasteiger partial charge in [0.05, 0.1) is 12.2 Å². The lowest BCUT2D eigenvalue weighted by Crippen LogP contribution is -2.03. The highest BCUT2D eigenvalue weighted by Crippen LogP contribution is 2.31. The molecule has 0 saturated carbocycles. The smallest absolute Gasteiger partial charge is 0.264 e. The molecule has 0 aliphatic heterocycles.